The molecule has 9 heteroatoms. The number of benzene rings is 1. The maximum absolute atomic E-state index is 12.2. The van der Waals surface area contributed by atoms with Gasteiger partial charge in [-0.2, -0.15) is 0 Å². The molecule has 2 aliphatic rings. The first-order valence-corrected chi connectivity index (χ1v) is 7.87. The molecule has 3 heterocycles. The Balaban J connectivity index is 1.29. The van der Waals surface area contributed by atoms with E-state index in [1.807, 2.05) is 17.0 Å². The fraction of sp³-hybridized carbons (Fsp3) is 0.467. The number of hydrogen-bond donors (Lipinski definition) is 0. The molecule has 0 aliphatic carbocycles. The SMILES string of the molecule is O=C(Cn1cnnn1)N1CCN(Cc2ccc3c(c2)OCO3)CC1. The molecule has 0 atom stereocenters. The molecule has 2 aliphatic heterocycles. The quantitative estimate of drug-likeness (QED) is 0.764. The summed E-state index contributed by atoms with van der Waals surface area (Å²) in [6.45, 7) is 4.43. The lowest BCUT2D eigenvalue weighted by molar-refractivity contribution is -0.133. The molecule has 2 aromatic rings. The van der Waals surface area contributed by atoms with Crippen LogP contribution in [0.1, 0.15) is 5.56 Å². The van der Waals surface area contributed by atoms with Gasteiger partial charge in [-0.3, -0.25) is 9.69 Å². The molecular weight excluding hydrogens is 312 g/mol. The van der Waals surface area contributed by atoms with E-state index in [4.69, 9.17) is 9.47 Å². The fourth-order valence-corrected chi connectivity index (χ4v) is 2.94. The van der Waals surface area contributed by atoms with Gasteiger partial charge in [0, 0.05) is 32.7 Å². The van der Waals surface area contributed by atoms with Crippen molar-refractivity contribution in [2.75, 3.05) is 33.0 Å². The molecule has 1 fully saturated rings. The molecule has 4 rings (SSSR count). The van der Waals surface area contributed by atoms with Crippen molar-refractivity contribution in [1.29, 1.82) is 0 Å². The van der Waals surface area contributed by atoms with Crippen LogP contribution in [0.25, 0.3) is 0 Å². The second-order valence-electron chi connectivity index (χ2n) is 5.85. The van der Waals surface area contributed by atoms with Crippen LogP contribution in [0.4, 0.5) is 0 Å². The van der Waals surface area contributed by atoms with E-state index in [-0.39, 0.29) is 12.5 Å². The Labute approximate surface area is 138 Å². The lowest BCUT2D eigenvalue weighted by Crippen LogP contribution is -2.49. The summed E-state index contributed by atoms with van der Waals surface area (Å²) >= 11 is 0. The van der Waals surface area contributed by atoms with Gasteiger partial charge in [0.1, 0.15) is 12.9 Å². The third kappa shape index (κ3) is 3.16. The van der Waals surface area contributed by atoms with E-state index in [0.717, 1.165) is 31.1 Å². The van der Waals surface area contributed by atoms with E-state index < -0.39 is 0 Å². The first-order valence-electron chi connectivity index (χ1n) is 7.87. The molecule has 0 spiro atoms. The van der Waals surface area contributed by atoms with Crippen LogP contribution in [-0.2, 0) is 17.9 Å². The van der Waals surface area contributed by atoms with Crippen LogP contribution in [0, 0.1) is 0 Å². The first-order chi connectivity index (χ1) is 11.8. The third-order valence-electron chi connectivity index (χ3n) is 4.26. The first kappa shape index (κ1) is 14.9. The summed E-state index contributed by atoms with van der Waals surface area (Å²) in [6.07, 6.45) is 1.45. The van der Waals surface area contributed by atoms with Crippen LogP contribution >= 0.6 is 0 Å². The van der Waals surface area contributed by atoms with Crippen molar-refractivity contribution in [2.45, 2.75) is 13.1 Å². The van der Waals surface area contributed by atoms with Crippen LogP contribution in [0.5, 0.6) is 11.5 Å². The number of ether oxygens (including phenoxy) is 2. The predicted octanol–water partition coefficient (Wildman–Crippen LogP) is -0.254. The molecule has 1 amide bonds. The standard InChI is InChI=1S/C15H18N6O3/c22-15(9-21-10-16-17-18-21)20-5-3-19(4-6-20)8-12-1-2-13-14(7-12)24-11-23-13/h1-2,7,10H,3-6,8-9,11H2. The Hall–Kier alpha value is -2.68. The number of piperazine rings is 1. The van der Waals surface area contributed by atoms with Gasteiger partial charge in [0.05, 0.1) is 0 Å². The number of amides is 1. The molecule has 0 N–H and O–H groups in total. The Bertz CT molecular complexity index is 712. The van der Waals surface area contributed by atoms with E-state index in [9.17, 15) is 4.79 Å². The summed E-state index contributed by atoms with van der Waals surface area (Å²) in [4.78, 5) is 16.4. The monoisotopic (exact) mass is 330 g/mol. The van der Waals surface area contributed by atoms with Crippen molar-refractivity contribution >= 4 is 5.91 Å². The largest absolute Gasteiger partial charge is 0.454 e. The summed E-state index contributed by atoms with van der Waals surface area (Å²) in [5.74, 6) is 1.66. The maximum Gasteiger partial charge on any atom is 0.244 e. The Morgan fingerprint density at radius 3 is 2.75 bits per heavy atom. The summed E-state index contributed by atoms with van der Waals surface area (Å²) in [6, 6.07) is 6.03. The Morgan fingerprint density at radius 2 is 1.96 bits per heavy atom. The third-order valence-corrected chi connectivity index (χ3v) is 4.26. The number of nitrogens with zero attached hydrogens (tertiary/aromatic N) is 6. The highest BCUT2D eigenvalue weighted by Crippen LogP contribution is 2.32. The molecule has 24 heavy (non-hydrogen) atoms. The molecule has 0 saturated carbocycles. The number of aromatic nitrogens is 4. The van der Waals surface area contributed by atoms with E-state index in [1.54, 1.807) is 0 Å². The van der Waals surface area contributed by atoms with Crippen LogP contribution in [0.3, 0.4) is 0 Å². The molecule has 126 valence electrons. The second kappa shape index (κ2) is 6.44. The summed E-state index contributed by atoms with van der Waals surface area (Å²) in [5, 5.41) is 10.8. The van der Waals surface area contributed by atoms with Crippen molar-refractivity contribution in [3.8, 4) is 11.5 Å². The van der Waals surface area contributed by atoms with E-state index >= 15 is 0 Å². The maximum atomic E-state index is 12.2. The van der Waals surface area contributed by atoms with Crippen molar-refractivity contribution in [1.82, 2.24) is 30.0 Å². The van der Waals surface area contributed by atoms with Gasteiger partial charge in [0.15, 0.2) is 11.5 Å². The van der Waals surface area contributed by atoms with E-state index in [1.165, 1.54) is 16.6 Å². The number of carbonyl (C=O) groups is 1. The molecule has 9 nitrogen and oxygen atoms in total. The summed E-state index contributed by atoms with van der Waals surface area (Å²) < 4.78 is 12.2. The fourth-order valence-electron chi connectivity index (χ4n) is 2.94. The highest BCUT2D eigenvalue weighted by molar-refractivity contribution is 5.76. The molecule has 1 aromatic heterocycles. The van der Waals surface area contributed by atoms with E-state index in [0.29, 0.717) is 19.9 Å². The average molecular weight is 330 g/mol. The zero-order valence-corrected chi connectivity index (χ0v) is 13.2. The Kier molecular flexibility index (Phi) is 3.99. The predicted molar refractivity (Wildman–Crippen MR) is 82.2 cm³/mol. The van der Waals surface area contributed by atoms with Crippen LogP contribution in [-0.4, -0.2) is 68.9 Å². The number of rotatable bonds is 4. The van der Waals surface area contributed by atoms with Crippen LogP contribution in [0.2, 0.25) is 0 Å². The van der Waals surface area contributed by atoms with Crippen LogP contribution in [0.15, 0.2) is 24.5 Å². The van der Waals surface area contributed by atoms with Gasteiger partial charge in [-0.1, -0.05) is 6.07 Å². The second-order valence-corrected chi connectivity index (χ2v) is 5.85. The highest BCUT2D eigenvalue weighted by atomic mass is 16.7. The smallest absolute Gasteiger partial charge is 0.244 e. The van der Waals surface area contributed by atoms with Gasteiger partial charge in [-0.05, 0) is 28.1 Å². The highest BCUT2D eigenvalue weighted by Gasteiger charge is 2.22. The number of hydrogen-bond acceptors (Lipinski definition) is 7. The normalized spacial score (nSPS) is 17.2. The minimum atomic E-state index is 0.0463. The number of tetrazole rings is 1. The summed E-state index contributed by atoms with van der Waals surface area (Å²) in [5.41, 5.74) is 1.19. The summed E-state index contributed by atoms with van der Waals surface area (Å²) in [7, 11) is 0. The van der Waals surface area contributed by atoms with Gasteiger partial charge in [-0.25, -0.2) is 4.68 Å². The minimum Gasteiger partial charge on any atom is -0.454 e. The molecule has 1 aromatic carbocycles. The van der Waals surface area contributed by atoms with Crippen molar-refractivity contribution in [3.05, 3.63) is 30.1 Å². The average Bonchev–Trinajstić information content (AvgIpc) is 3.26. The van der Waals surface area contributed by atoms with Gasteiger partial charge in [0.25, 0.3) is 0 Å². The molecule has 1 saturated heterocycles. The zero-order chi connectivity index (χ0) is 16.4. The van der Waals surface area contributed by atoms with Gasteiger partial charge >= 0.3 is 0 Å². The van der Waals surface area contributed by atoms with Crippen molar-refractivity contribution < 1.29 is 14.3 Å². The lowest BCUT2D eigenvalue weighted by Gasteiger charge is -2.34. The van der Waals surface area contributed by atoms with Crippen LogP contribution < -0.4 is 9.47 Å². The Morgan fingerprint density at radius 1 is 1.12 bits per heavy atom. The van der Waals surface area contributed by atoms with Gasteiger partial charge < -0.3 is 14.4 Å². The minimum absolute atomic E-state index is 0.0463. The zero-order valence-electron chi connectivity index (χ0n) is 13.2. The molecular formula is C15H18N6O3. The lowest BCUT2D eigenvalue weighted by atomic mass is 10.1. The van der Waals surface area contributed by atoms with Gasteiger partial charge in [-0.15, -0.1) is 5.10 Å². The molecule has 0 radical (unpaired) electrons. The number of fused-ring (bicyclic) bond motifs is 1. The van der Waals surface area contributed by atoms with E-state index in [2.05, 4.69) is 26.5 Å². The van der Waals surface area contributed by atoms with Crippen molar-refractivity contribution in [3.63, 3.8) is 0 Å². The number of carbonyl (C=O) groups excluding carboxylic acids is 1. The molecule has 0 unspecified atom stereocenters. The van der Waals surface area contributed by atoms with Gasteiger partial charge in [0.2, 0.25) is 12.7 Å². The topological polar surface area (TPSA) is 85.6 Å². The molecule has 0 bridgehead atoms. The van der Waals surface area contributed by atoms with Crippen molar-refractivity contribution in [2.24, 2.45) is 0 Å².